The van der Waals surface area contributed by atoms with Crippen LogP contribution in [0.5, 0.6) is 0 Å². The van der Waals surface area contributed by atoms with E-state index in [9.17, 15) is 14.0 Å². The number of ketones is 1. The summed E-state index contributed by atoms with van der Waals surface area (Å²) in [7, 11) is 0. The van der Waals surface area contributed by atoms with Crippen LogP contribution in [0.15, 0.2) is 24.3 Å². The molecule has 5 heteroatoms. The van der Waals surface area contributed by atoms with Gasteiger partial charge in [0.1, 0.15) is 5.82 Å². The largest absolute Gasteiger partial charge is 0.365 e. The molecular weight excluding hydrogens is 235 g/mol. The van der Waals surface area contributed by atoms with Gasteiger partial charge in [-0.1, -0.05) is 12.2 Å². The molecule has 1 aromatic rings. The number of Topliss-reactive ketones (excluding diaryl/α,β-unsaturated/α-hetero) is 1. The molecule has 0 saturated carbocycles. The Bertz CT molecular complexity index is 581. The summed E-state index contributed by atoms with van der Waals surface area (Å²) < 4.78 is 14.0. The summed E-state index contributed by atoms with van der Waals surface area (Å²) in [5, 5.41) is 2.45. The molecule has 2 aliphatic heterocycles. The van der Waals surface area contributed by atoms with Crippen molar-refractivity contribution < 1.29 is 14.0 Å². The van der Waals surface area contributed by atoms with Crippen LogP contribution in [-0.2, 0) is 4.79 Å². The van der Waals surface area contributed by atoms with E-state index in [-0.39, 0.29) is 5.56 Å². The molecule has 0 aliphatic carbocycles. The number of carbonyl (C=O) groups is 2. The van der Waals surface area contributed by atoms with Gasteiger partial charge in [-0.3, -0.25) is 9.59 Å². The molecule has 1 aromatic carbocycles. The highest BCUT2D eigenvalue weighted by atomic mass is 19.1. The first kappa shape index (κ1) is 11.0. The molecule has 18 heavy (non-hydrogen) atoms. The Labute approximate surface area is 103 Å². The normalized spacial score (nSPS) is 17.9. The SMILES string of the molecule is O=C1Nc2cc(N3CC=CCC3)c(F)cc2C1=O. The van der Waals surface area contributed by atoms with Crippen LogP contribution in [0.3, 0.4) is 0 Å². The molecule has 92 valence electrons. The first-order chi connectivity index (χ1) is 8.66. The van der Waals surface area contributed by atoms with Crippen LogP contribution >= 0.6 is 0 Å². The monoisotopic (exact) mass is 246 g/mol. The lowest BCUT2D eigenvalue weighted by atomic mass is 10.1. The van der Waals surface area contributed by atoms with Crippen molar-refractivity contribution in [1.82, 2.24) is 0 Å². The maximum Gasteiger partial charge on any atom is 0.296 e. The third kappa shape index (κ3) is 1.59. The Kier molecular flexibility index (Phi) is 2.40. The van der Waals surface area contributed by atoms with Gasteiger partial charge in [0.25, 0.3) is 11.7 Å². The van der Waals surface area contributed by atoms with Gasteiger partial charge in [0.2, 0.25) is 0 Å². The van der Waals surface area contributed by atoms with Crippen LogP contribution in [0.4, 0.5) is 15.8 Å². The average Bonchev–Trinajstić information content (AvgIpc) is 2.66. The van der Waals surface area contributed by atoms with E-state index < -0.39 is 17.5 Å². The number of hydrogen-bond donors (Lipinski definition) is 1. The van der Waals surface area contributed by atoms with Crippen LogP contribution in [0.25, 0.3) is 0 Å². The molecule has 4 nitrogen and oxygen atoms in total. The van der Waals surface area contributed by atoms with Gasteiger partial charge in [-0.2, -0.15) is 0 Å². The lowest BCUT2D eigenvalue weighted by molar-refractivity contribution is -0.112. The van der Waals surface area contributed by atoms with E-state index in [4.69, 9.17) is 0 Å². The molecule has 3 rings (SSSR count). The van der Waals surface area contributed by atoms with Gasteiger partial charge in [0.05, 0.1) is 16.9 Å². The number of hydrogen-bond acceptors (Lipinski definition) is 3. The molecule has 2 heterocycles. The Balaban J connectivity index is 2.03. The van der Waals surface area contributed by atoms with Crippen LogP contribution in [0, 0.1) is 5.82 Å². The Morgan fingerprint density at radius 2 is 2.06 bits per heavy atom. The highest BCUT2D eigenvalue weighted by Crippen LogP contribution is 2.31. The van der Waals surface area contributed by atoms with Gasteiger partial charge in [0, 0.05) is 13.1 Å². The first-order valence-electron chi connectivity index (χ1n) is 5.76. The number of nitrogens with zero attached hydrogens (tertiary/aromatic N) is 1. The van der Waals surface area contributed by atoms with E-state index in [0.29, 0.717) is 17.9 Å². The van der Waals surface area contributed by atoms with Gasteiger partial charge in [-0.05, 0) is 18.6 Å². The molecule has 0 fully saturated rings. The summed E-state index contributed by atoms with van der Waals surface area (Å²) in [4.78, 5) is 24.5. The minimum Gasteiger partial charge on any atom is -0.365 e. The van der Waals surface area contributed by atoms with E-state index in [1.807, 2.05) is 17.1 Å². The fraction of sp³-hybridized carbons (Fsp3) is 0.231. The molecule has 2 aliphatic rings. The third-order valence-electron chi connectivity index (χ3n) is 3.18. The summed E-state index contributed by atoms with van der Waals surface area (Å²) in [6.45, 7) is 1.37. The second-order valence-electron chi connectivity index (χ2n) is 4.34. The minimum absolute atomic E-state index is 0.119. The van der Waals surface area contributed by atoms with Crippen LogP contribution < -0.4 is 10.2 Å². The molecule has 0 radical (unpaired) electrons. The van der Waals surface area contributed by atoms with Crippen LogP contribution in [-0.4, -0.2) is 24.8 Å². The standard InChI is InChI=1S/C13H11FN2O2/c14-9-6-8-10(15-13(18)12(8)17)7-11(9)16-4-2-1-3-5-16/h1-2,6-7H,3-5H2,(H,15,17,18). The Morgan fingerprint density at radius 1 is 1.22 bits per heavy atom. The van der Waals surface area contributed by atoms with Gasteiger partial charge >= 0.3 is 0 Å². The molecule has 0 aromatic heterocycles. The topological polar surface area (TPSA) is 49.4 Å². The number of rotatable bonds is 1. The summed E-state index contributed by atoms with van der Waals surface area (Å²) in [6.07, 6.45) is 4.88. The zero-order chi connectivity index (χ0) is 12.7. The van der Waals surface area contributed by atoms with Gasteiger partial charge < -0.3 is 10.2 Å². The number of halogens is 1. The Hall–Kier alpha value is -2.17. The first-order valence-corrected chi connectivity index (χ1v) is 5.76. The van der Waals surface area contributed by atoms with Crippen molar-refractivity contribution >= 4 is 23.1 Å². The lowest BCUT2D eigenvalue weighted by Crippen LogP contribution is -2.27. The molecule has 0 spiro atoms. The van der Waals surface area contributed by atoms with Crippen LogP contribution in [0.1, 0.15) is 16.8 Å². The van der Waals surface area contributed by atoms with E-state index in [1.54, 1.807) is 0 Å². The van der Waals surface area contributed by atoms with Crippen LogP contribution in [0.2, 0.25) is 0 Å². The third-order valence-corrected chi connectivity index (χ3v) is 3.18. The van der Waals surface area contributed by atoms with Crippen molar-refractivity contribution in [1.29, 1.82) is 0 Å². The number of nitrogens with one attached hydrogen (secondary N) is 1. The molecule has 0 bridgehead atoms. The molecular formula is C13H11FN2O2. The van der Waals surface area contributed by atoms with Gasteiger partial charge in [-0.15, -0.1) is 0 Å². The average molecular weight is 246 g/mol. The molecule has 0 atom stereocenters. The number of carbonyl (C=O) groups excluding carboxylic acids is 2. The van der Waals surface area contributed by atoms with Crippen molar-refractivity contribution in [3.8, 4) is 0 Å². The quantitative estimate of drug-likeness (QED) is 0.606. The molecule has 0 saturated heterocycles. The maximum absolute atomic E-state index is 14.0. The van der Waals surface area contributed by atoms with E-state index in [1.165, 1.54) is 6.07 Å². The van der Waals surface area contributed by atoms with Crippen molar-refractivity contribution in [3.63, 3.8) is 0 Å². The predicted molar refractivity (Wildman–Crippen MR) is 65.3 cm³/mol. The van der Waals surface area contributed by atoms with Crippen molar-refractivity contribution in [2.75, 3.05) is 23.3 Å². The number of fused-ring (bicyclic) bond motifs is 1. The summed E-state index contributed by atoms with van der Waals surface area (Å²) >= 11 is 0. The summed E-state index contributed by atoms with van der Waals surface area (Å²) in [5.74, 6) is -1.83. The Morgan fingerprint density at radius 3 is 2.78 bits per heavy atom. The van der Waals surface area contributed by atoms with Crippen molar-refractivity contribution in [2.45, 2.75) is 6.42 Å². The molecule has 1 N–H and O–H groups in total. The maximum atomic E-state index is 14.0. The van der Waals surface area contributed by atoms with Crippen molar-refractivity contribution in [2.24, 2.45) is 0 Å². The fourth-order valence-corrected chi connectivity index (χ4v) is 2.26. The zero-order valence-corrected chi connectivity index (χ0v) is 9.57. The number of benzene rings is 1. The number of amides is 1. The zero-order valence-electron chi connectivity index (χ0n) is 9.57. The summed E-state index contributed by atoms with van der Waals surface area (Å²) in [6, 6.07) is 2.68. The van der Waals surface area contributed by atoms with Gasteiger partial charge in [0.15, 0.2) is 0 Å². The summed E-state index contributed by atoms with van der Waals surface area (Å²) in [5.41, 5.74) is 0.942. The second kappa shape index (κ2) is 3.94. The predicted octanol–water partition coefficient (Wildman–Crippen LogP) is 1.73. The minimum atomic E-state index is -0.694. The van der Waals surface area contributed by atoms with E-state index >= 15 is 0 Å². The van der Waals surface area contributed by atoms with Gasteiger partial charge in [-0.25, -0.2) is 4.39 Å². The molecule has 1 amide bonds. The smallest absolute Gasteiger partial charge is 0.296 e. The highest BCUT2D eigenvalue weighted by Gasteiger charge is 2.30. The van der Waals surface area contributed by atoms with Crippen molar-refractivity contribution in [3.05, 3.63) is 35.7 Å². The van der Waals surface area contributed by atoms with E-state index in [0.717, 1.165) is 19.0 Å². The fourth-order valence-electron chi connectivity index (χ4n) is 2.26. The second-order valence-corrected chi connectivity index (χ2v) is 4.34. The number of anilines is 2. The molecule has 0 unspecified atom stereocenters. The lowest BCUT2D eigenvalue weighted by Gasteiger charge is -2.26. The highest BCUT2D eigenvalue weighted by molar-refractivity contribution is 6.51. The van der Waals surface area contributed by atoms with E-state index in [2.05, 4.69) is 5.32 Å².